The van der Waals surface area contributed by atoms with Gasteiger partial charge in [0.2, 0.25) is 0 Å². The van der Waals surface area contributed by atoms with E-state index in [0.717, 1.165) is 57.8 Å². The van der Waals surface area contributed by atoms with Gasteiger partial charge in [-0.15, -0.1) is 0 Å². The molecule has 0 aromatic carbocycles. The van der Waals surface area contributed by atoms with Crippen molar-refractivity contribution in [1.29, 1.82) is 0 Å². The van der Waals surface area contributed by atoms with Gasteiger partial charge in [-0.1, -0.05) is 258 Å². The SMILES string of the molecule is CCCCCCCCCC/C=C\CCCCCCCCCC(=O)OCC(COC(=O)CCCCCCCCCCCC)OC(=O)CCCCCCCCCCCCCCCCC. The summed E-state index contributed by atoms with van der Waals surface area (Å²) in [5, 5.41) is 0. The van der Waals surface area contributed by atoms with Crippen molar-refractivity contribution in [2.45, 2.75) is 316 Å². The van der Waals surface area contributed by atoms with E-state index in [0.29, 0.717) is 19.3 Å². The predicted molar refractivity (Wildman–Crippen MR) is 266 cm³/mol. The Morgan fingerprint density at radius 2 is 0.532 bits per heavy atom. The van der Waals surface area contributed by atoms with Gasteiger partial charge in [-0.05, 0) is 44.9 Å². The van der Waals surface area contributed by atoms with Crippen LogP contribution in [0.4, 0.5) is 0 Å². The molecule has 0 aliphatic carbocycles. The van der Waals surface area contributed by atoms with Gasteiger partial charge in [0.05, 0.1) is 0 Å². The smallest absolute Gasteiger partial charge is 0.306 e. The van der Waals surface area contributed by atoms with E-state index in [4.69, 9.17) is 14.2 Å². The van der Waals surface area contributed by atoms with Crippen LogP contribution in [0, 0.1) is 0 Å². The maximum atomic E-state index is 12.8. The Bertz CT molecular complexity index is 962. The molecule has 0 aliphatic rings. The van der Waals surface area contributed by atoms with E-state index in [2.05, 4.69) is 32.9 Å². The lowest BCUT2D eigenvalue weighted by Crippen LogP contribution is -2.30. The van der Waals surface area contributed by atoms with Crippen molar-refractivity contribution in [2.75, 3.05) is 13.2 Å². The summed E-state index contributed by atoms with van der Waals surface area (Å²) in [4.78, 5) is 38.0. The van der Waals surface area contributed by atoms with Crippen LogP contribution in [-0.2, 0) is 28.6 Å². The fourth-order valence-electron chi connectivity index (χ4n) is 8.32. The number of hydrogen-bond donors (Lipinski definition) is 0. The Labute approximate surface area is 386 Å². The maximum Gasteiger partial charge on any atom is 0.306 e. The van der Waals surface area contributed by atoms with Crippen LogP contribution in [0.2, 0.25) is 0 Å². The lowest BCUT2D eigenvalue weighted by Gasteiger charge is -2.18. The molecule has 0 saturated carbocycles. The fraction of sp³-hybridized carbons (Fsp3) is 0.911. The number of carbonyl (C=O) groups is 3. The number of allylic oxidation sites excluding steroid dienone is 2. The highest BCUT2D eigenvalue weighted by Crippen LogP contribution is 2.17. The standard InChI is InChI=1S/C56H106O6/c1-4-7-10-13-16-19-22-24-26-27-28-29-31-32-34-37-40-43-46-49-55(58)61-52-53(51-60-54(57)48-45-42-39-36-21-18-15-12-9-6-3)62-56(59)50-47-44-41-38-35-33-30-25-23-20-17-14-11-8-5-2/h27-28,53H,4-26,29-52H2,1-3H3/b28-27-. The summed E-state index contributed by atoms with van der Waals surface area (Å²) >= 11 is 0. The van der Waals surface area contributed by atoms with Crippen LogP contribution in [0.1, 0.15) is 310 Å². The summed E-state index contributed by atoms with van der Waals surface area (Å²) in [5.74, 6) is -0.852. The fourth-order valence-corrected chi connectivity index (χ4v) is 8.32. The average molecular weight is 875 g/mol. The van der Waals surface area contributed by atoms with Gasteiger partial charge in [0.25, 0.3) is 0 Å². The second kappa shape index (κ2) is 51.8. The first-order valence-corrected chi connectivity index (χ1v) is 27.7. The molecule has 0 aliphatic heterocycles. The first kappa shape index (κ1) is 60.2. The van der Waals surface area contributed by atoms with E-state index in [1.54, 1.807) is 0 Å². The van der Waals surface area contributed by atoms with Gasteiger partial charge in [-0.3, -0.25) is 14.4 Å². The first-order chi connectivity index (χ1) is 30.5. The molecule has 1 unspecified atom stereocenters. The molecular formula is C56H106O6. The van der Waals surface area contributed by atoms with E-state index in [1.165, 1.54) is 212 Å². The van der Waals surface area contributed by atoms with E-state index in [1.807, 2.05) is 0 Å². The minimum absolute atomic E-state index is 0.0660. The Hall–Kier alpha value is -1.85. The lowest BCUT2D eigenvalue weighted by molar-refractivity contribution is -0.167. The molecule has 0 bridgehead atoms. The molecule has 6 nitrogen and oxygen atoms in total. The Morgan fingerprint density at radius 1 is 0.306 bits per heavy atom. The van der Waals surface area contributed by atoms with Gasteiger partial charge < -0.3 is 14.2 Å². The minimum Gasteiger partial charge on any atom is -0.462 e. The van der Waals surface area contributed by atoms with Gasteiger partial charge in [0, 0.05) is 19.3 Å². The number of rotatable bonds is 51. The zero-order valence-corrected chi connectivity index (χ0v) is 41.9. The monoisotopic (exact) mass is 875 g/mol. The highest BCUT2D eigenvalue weighted by molar-refractivity contribution is 5.71. The largest absolute Gasteiger partial charge is 0.462 e. The quantitative estimate of drug-likeness (QED) is 0.0262. The Morgan fingerprint density at radius 3 is 0.806 bits per heavy atom. The number of carbonyl (C=O) groups excluding carboxylic acids is 3. The van der Waals surface area contributed by atoms with Crippen molar-refractivity contribution in [3.05, 3.63) is 12.2 Å². The van der Waals surface area contributed by atoms with Crippen LogP contribution in [0.5, 0.6) is 0 Å². The lowest BCUT2D eigenvalue weighted by atomic mass is 10.0. The molecule has 6 heteroatoms. The van der Waals surface area contributed by atoms with Crippen LogP contribution < -0.4 is 0 Å². The summed E-state index contributed by atoms with van der Waals surface area (Å²) in [6.07, 6.45) is 57.7. The van der Waals surface area contributed by atoms with Gasteiger partial charge in [-0.2, -0.15) is 0 Å². The number of hydrogen-bond acceptors (Lipinski definition) is 6. The molecule has 0 saturated heterocycles. The minimum atomic E-state index is -0.764. The first-order valence-electron chi connectivity index (χ1n) is 27.7. The van der Waals surface area contributed by atoms with Crippen molar-refractivity contribution >= 4 is 17.9 Å². The van der Waals surface area contributed by atoms with Gasteiger partial charge in [-0.25, -0.2) is 0 Å². The summed E-state index contributed by atoms with van der Waals surface area (Å²) in [6, 6.07) is 0. The Balaban J connectivity index is 4.26. The second-order valence-electron chi connectivity index (χ2n) is 18.9. The third-order valence-corrected chi connectivity index (χ3v) is 12.5. The molecule has 0 spiro atoms. The van der Waals surface area contributed by atoms with Gasteiger partial charge in [0.15, 0.2) is 6.10 Å². The van der Waals surface area contributed by atoms with Gasteiger partial charge >= 0.3 is 17.9 Å². The van der Waals surface area contributed by atoms with Crippen molar-refractivity contribution in [2.24, 2.45) is 0 Å². The molecule has 0 rings (SSSR count). The third kappa shape index (κ3) is 49.2. The van der Waals surface area contributed by atoms with Crippen molar-refractivity contribution in [3.63, 3.8) is 0 Å². The predicted octanol–water partition coefficient (Wildman–Crippen LogP) is 18.2. The van der Waals surface area contributed by atoms with Crippen molar-refractivity contribution in [1.82, 2.24) is 0 Å². The zero-order chi connectivity index (χ0) is 45.1. The van der Waals surface area contributed by atoms with Crippen LogP contribution in [-0.4, -0.2) is 37.2 Å². The molecule has 0 N–H and O–H groups in total. The highest BCUT2D eigenvalue weighted by atomic mass is 16.6. The summed E-state index contributed by atoms with van der Waals surface area (Å²) in [6.45, 7) is 6.67. The maximum absolute atomic E-state index is 12.8. The molecule has 0 amide bonds. The van der Waals surface area contributed by atoms with Gasteiger partial charge in [0.1, 0.15) is 13.2 Å². The number of ether oxygens (including phenoxy) is 3. The van der Waals surface area contributed by atoms with Crippen LogP contribution >= 0.6 is 0 Å². The summed E-state index contributed by atoms with van der Waals surface area (Å²) in [5.41, 5.74) is 0. The van der Waals surface area contributed by atoms with Crippen LogP contribution in [0.15, 0.2) is 12.2 Å². The molecule has 0 heterocycles. The summed E-state index contributed by atoms with van der Waals surface area (Å²) in [7, 11) is 0. The van der Waals surface area contributed by atoms with Crippen molar-refractivity contribution in [3.8, 4) is 0 Å². The normalized spacial score (nSPS) is 12.0. The van der Waals surface area contributed by atoms with E-state index in [-0.39, 0.29) is 31.1 Å². The van der Waals surface area contributed by atoms with E-state index >= 15 is 0 Å². The second-order valence-corrected chi connectivity index (χ2v) is 18.9. The molecular weight excluding hydrogens is 769 g/mol. The van der Waals surface area contributed by atoms with Crippen molar-refractivity contribution < 1.29 is 28.6 Å². The molecule has 62 heavy (non-hydrogen) atoms. The topological polar surface area (TPSA) is 78.9 Å². The number of esters is 3. The molecule has 0 fully saturated rings. The Kier molecular flexibility index (Phi) is 50.2. The molecule has 366 valence electrons. The van der Waals surface area contributed by atoms with E-state index < -0.39 is 6.10 Å². The van der Waals surface area contributed by atoms with Crippen LogP contribution in [0.25, 0.3) is 0 Å². The van der Waals surface area contributed by atoms with E-state index in [9.17, 15) is 14.4 Å². The average Bonchev–Trinajstić information content (AvgIpc) is 3.27. The highest BCUT2D eigenvalue weighted by Gasteiger charge is 2.19. The number of unbranched alkanes of at least 4 members (excludes halogenated alkanes) is 38. The molecule has 0 radical (unpaired) electrons. The summed E-state index contributed by atoms with van der Waals surface area (Å²) < 4.78 is 16.8. The molecule has 0 aromatic rings. The van der Waals surface area contributed by atoms with Crippen LogP contribution in [0.3, 0.4) is 0 Å². The zero-order valence-electron chi connectivity index (χ0n) is 41.9. The molecule has 0 aromatic heterocycles. The molecule has 1 atom stereocenters. The third-order valence-electron chi connectivity index (χ3n) is 12.5.